The number of nitrogens with zero attached hydrogens (tertiary/aromatic N) is 3. The van der Waals surface area contributed by atoms with Crippen LogP contribution in [0.2, 0.25) is 5.02 Å². The van der Waals surface area contributed by atoms with Crippen LogP contribution in [0.1, 0.15) is 24.7 Å². The number of imidazole rings is 1. The summed E-state index contributed by atoms with van der Waals surface area (Å²) in [6.07, 6.45) is 3.14. The highest BCUT2D eigenvalue weighted by molar-refractivity contribution is 6.31. The first-order valence-electron chi connectivity index (χ1n) is 7.10. The van der Waals surface area contributed by atoms with E-state index in [0.717, 1.165) is 35.9 Å². The molecular formula is C15H19Cl2N3. The highest BCUT2D eigenvalue weighted by Gasteiger charge is 2.22. The van der Waals surface area contributed by atoms with Gasteiger partial charge < -0.3 is 9.47 Å². The third kappa shape index (κ3) is 2.67. The van der Waals surface area contributed by atoms with Crippen molar-refractivity contribution in [1.29, 1.82) is 0 Å². The van der Waals surface area contributed by atoms with Gasteiger partial charge in [-0.3, -0.25) is 0 Å². The van der Waals surface area contributed by atoms with E-state index in [-0.39, 0.29) is 0 Å². The molecule has 1 aromatic heterocycles. The van der Waals surface area contributed by atoms with Gasteiger partial charge in [0.05, 0.1) is 11.0 Å². The predicted octanol–water partition coefficient (Wildman–Crippen LogP) is 3.74. The quantitative estimate of drug-likeness (QED) is 0.805. The lowest BCUT2D eigenvalue weighted by Gasteiger charge is -2.31. The molecule has 0 bridgehead atoms. The fraction of sp³-hybridized carbons (Fsp3) is 0.533. The Labute approximate surface area is 129 Å². The van der Waals surface area contributed by atoms with Gasteiger partial charge >= 0.3 is 0 Å². The Morgan fingerprint density at radius 1 is 1.30 bits per heavy atom. The molecule has 5 heteroatoms. The van der Waals surface area contributed by atoms with Crippen LogP contribution in [0.25, 0.3) is 11.0 Å². The van der Waals surface area contributed by atoms with Crippen LogP contribution in [0.4, 0.5) is 0 Å². The number of halogens is 2. The maximum absolute atomic E-state index is 6.08. The Morgan fingerprint density at radius 3 is 2.75 bits per heavy atom. The summed E-state index contributed by atoms with van der Waals surface area (Å²) < 4.78 is 2.39. The van der Waals surface area contributed by atoms with Crippen LogP contribution >= 0.6 is 23.2 Å². The fourth-order valence-corrected chi connectivity index (χ4v) is 3.38. The molecule has 0 N–H and O–H groups in total. The minimum atomic E-state index is 0.524. The molecule has 0 spiro atoms. The van der Waals surface area contributed by atoms with E-state index in [1.165, 1.54) is 18.4 Å². The summed E-state index contributed by atoms with van der Waals surface area (Å²) in [6, 6.07) is 6.50. The van der Waals surface area contributed by atoms with Gasteiger partial charge in [0.25, 0.3) is 0 Å². The zero-order valence-electron chi connectivity index (χ0n) is 11.6. The molecule has 3 rings (SSSR count). The van der Waals surface area contributed by atoms with Crippen molar-refractivity contribution in [2.24, 2.45) is 0 Å². The van der Waals surface area contributed by atoms with Gasteiger partial charge in [0.2, 0.25) is 0 Å². The minimum Gasteiger partial charge on any atom is -0.325 e. The maximum Gasteiger partial charge on any atom is 0.111 e. The smallest absolute Gasteiger partial charge is 0.111 e. The molecular weight excluding hydrogens is 293 g/mol. The molecule has 1 saturated heterocycles. The lowest BCUT2D eigenvalue weighted by atomic mass is 10.0. The van der Waals surface area contributed by atoms with E-state index in [1.807, 2.05) is 12.1 Å². The molecule has 1 fully saturated rings. The number of aromatic nitrogens is 2. The van der Waals surface area contributed by atoms with Crippen LogP contribution in [-0.4, -0.2) is 40.5 Å². The SMILES string of the molecule is CN1CCC(n2c(CCCl)nc3cc(Cl)ccc32)CC1. The summed E-state index contributed by atoms with van der Waals surface area (Å²) in [7, 11) is 2.18. The average Bonchev–Trinajstić information content (AvgIpc) is 2.77. The summed E-state index contributed by atoms with van der Waals surface area (Å²) in [5.74, 6) is 1.69. The number of rotatable bonds is 3. The van der Waals surface area contributed by atoms with Crippen molar-refractivity contribution in [2.45, 2.75) is 25.3 Å². The number of likely N-dealkylation sites (tertiary alicyclic amines) is 1. The zero-order chi connectivity index (χ0) is 14.1. The van der Waals surface area contributed by atoms with E-state index in [4.69, 9.17) is 28.2 Å². The monoisotopic (exact) mass is 311 g/mol. The van der Waals surface area contributed by atoms with Crippen LogP contribution < -0.4 is 0 Å². The van der Waals surface area contributed by atoms with Crippen molar-refractivity contribution in [3.05, 3.63) is 29.0 Å². The second kappa shape index (κ2) is 5.92. The molecule has 1 aliphatic rings. The fourth-order valence-electron chi connectivity index (χ4n) is 3.04. The summed E-state index contributed by atoms with van der Waals surface area (Å²) in [4.78, 5) is 7.12. The molecule has 108 valence electrons. The van der Waals surface area contributed by atoms with Crippen LogP contribution in [0.15, 0.2) is 18.2 Å². The highest BCUT2D eigenvalue weighted by atomic mass is 35.5. The number of hydrogen-bond donors (Lipinski definition) is 0. The van der Waals surface area contributed by atoms with Gasteiger partial charge in [0.15, 0.2) is 0 Å². The number of fused-ring (bicyclic) bond motifs is 1. The van der Waals surface area contributed by atoms with E-state index < -0.39 is 0 Å². The molecule has 2 aromatic rings. The summed E-state index contributed by atoms with van der Waals surface area (Å²) in [5.41, 5.74) is 2.17. The van der Waals surface area contributed by atoms with E-state index in [2.05, 4.69) is 22.6 Å². The average molecular weight is 312 g/mol. The summed E-state index contributed by atoms with van der Waals surface area (Å²) in [5, 5.41) is 0.739. The maximum atomic E-state index is 6.08. The van der Waals surface area contributed by atoms with Crippen LogP contribution in [0, 0.1) is 0 Å². The van der Waals surface area contributed by atoms with Crippen molar-refractivity contribution in [3.63, 3.8) is 0 Å². The van der Waals surface area contributed by atoms with Gasteiger partial charge in [-0.25, -0.2) is 4.98 Å². The van der Waals surface area contributed by atoms with Gasteiger partial charge in [-0.2, -0.15) is 0 Å². The number of alkyl halides is 1. The van der Waals surface area contributed by atoms with Gasteiger partial charge in [0.1, 0.15) is 5.82 Å². The predicted molar refractivity (Wildman–Crippen MR) is 84.9 cm³/mol. The lowest BCUT2D eigenvalue weighted by Crippen LogP contribution is -2.32. The minimum absolute atomic E-state index is 0.524. The second-order valence-electron chi connectivity index (χ2n) is 5.50. The number of hydrogen-bond acceptors (Lipinski definition) is 2. The van der Waals surface area contributed by atoms with E-state index in [0.29, 0.717) is 11.9 Å². The van der Waals surface area contributed by atoms with E-state index >= 15 is 0 Å². The van der Waals surface area contributed by atoms with Crippen LogP contribution in [0.3, 0.4) is 0 Å². The Balaban J connectivity index is 2.04. The van der Waals surface area contributed by atoms with Crippen molar-refractivity contribution in [1.82, 2.24) is 14.5 Å². The van der Waals surface area contributed by atoms with E-state index in [1.54, 1.807) is 0 Å². The van der Waals surface area contributed by atoms with Crippen molar-refractivity contribution in [3.8, 4) is 0 Å². The Kier molecular flexibility index (Phi) is 4.20. The normalized spacial score (nSPS) is 17.9. The number of piperidine rings is 1. The number of aryl methyl sites for hydroxylation is 1. The van der Waals surface area contributed by atoms with Crippen LogP contribution in [-0.2, 0) is 6.42 Å². The first-order chi connectivity index (χ1) is 9.69. The highest BCUT2D eigenvalue weighted by Crippen LogP contribution is 2.30. The molecule has 0 unspecified atom stereocenters. The third-order valence-electron chi connectivity index (χ3n) is 4.10. The molecule has 2 heterocycles. The lowest BCUT2D eigenvalue weighted by molar-refractivity contribution is 0.221. The molecule has 0 aliphatic carbocycles. The molecule has 0 amide bonds. The van der Waals surface area contributed by atoms with Crippen LogP contribution in [0.5, 0.6) is 0 Å². The van der Waals surface area contributed by atoms with Gasteiger partial charge in [-0.1, -0.05) is 11.6 Å². The molecule has 1 aliphatic heterocycles. The van der Waals surface area contributed by atoms with E-state index in [9.17, 15) is 0 Å². The topological polar surface area (TPSA) is 21.1 Å². The van der Waals surface area contributed by atoms with Gasteiger partial charge in [-0.15, -0.1) is 11.6 Å². The van der Waals surface area contributed by atoms with Crippen molar-refractivity contribution < 1.29 is 0 Å². The molecule has 20 heavy (non-hydrogen) atoms. The summed E-state index contributed by atoms with van der Waals surface area (Å²) in [6.45, 7) is 2.27. The van der Waals surface area contributed by atoms with Crippen molar-refractivity contribution >= 4 is 34.2 Å². The first kappa shape index (κ1) is 14.2. The van der Waals surface area contributed by atoms with Gasteiger partial charge in [0, 0.05) is 23.4 Å². The third-order valence-corrected chi connectivity index (χ3v) is 4.52. The largest absolute Gasteiger partial charge is 0.325 e. The Hall–Kier alpha value is -0.770. The van der Waals surface area contributed by atoms with Crippen molar-refractivity contribution in [2.75, 3.05) is 26.0 Å². The molecule has 0 radical (unpaired) electrons. The first-order valence-corrected chi connectivity index (χ1v) is 8.01. The number of benzene rings is 1. The standard InChI is InChI=1S/C15H19Cl2N3/c1-19-8-5-12(6-9-19)20-14-3-2-11(17)10-13(14)18-15(20)4-7-16/h2-3,10,12H,4-9H2,1H3. The molecule has 0 saturated carbocycles. The summed E-state index contributed by atoms with van der Waals surface area (Å²) >= 11 is 12.0. The Bertz CT molecular complexity index is 600. The molecule has 3 nitrogen and oxygen atoms in total. The molecule has 1 aromatic carbocycles. The Morgan fingerprint density at radius 2 is 2.05 bits per heavy atom. The van der Waals surface area contributed by atoms with Gasteiger partial charge in [-0.05, 0) is 51.2 Å². The molecule has 0 atom stereocenters. The zero-order valence-corrected chi connectivity index (χ0v) is 13.2. The second-order valence-corrected chi connectivity index (χ2v) is 6.32.